The van der Waals surface area contributed by atoms with Gasteiger partial charge >= 0.3 is 5.97 Å². The van der Waals surface area contributed by atoms with Gasteiger partial charge in [-0.15, -0.1) is 11.3 Å². The molecule has 0 spiro atoms. The van der Waals surface area contributed by atoms with Crippen molar-refractivity contribution in [2.24, 2.45) is 5.92 Å². The summed E-state index contributed by atoms with van der Waals surface area (Å²) in [7, 11) is 0. The molecule has 1 fully saturated rings. The fourth-order valence-electron chi connectivity index (χ4n) is 3.25. The predicted molar refractivity (Wildman–Crippen MR) is 108 cm³/mol. The minimum atomic E-state index is -0.249. The number of carbonyl (C=O) groups excluding carboxylic acids is 1. The lowest BCUT2D eigenvalue weighted by Crippen LogP contribution is -2.45. The van der Waals surface area contributed by atoms with E-state index >= 15 is 0 Å². The molecule has 0 amide bonds. The molecular formula is C21H28N2O3S. The minimum absolute atomic E-state index is 0.0419. The third-order valence-corrected chi connectivity index (χ3v) is 5.36. The van der Waals surface area contributed by atoms with Gasteiger partial charge in [-0.25, -0.2) is 4.98 Å². The number of nitrogens with zero attached hydrogens (tertiary/aromatic N) is 2. The molecule has 2 heterocycles. The van der Waals surface area contributed by atoms with Crippen molar-refractivity contribution in [2.45, 2.75) is 33.3 Å². The first kappa shape index (κ1) is 20.0. The molecule has 2 aromatic rings. The smallest absolute Gasteiger partial charge is 0.311 e. The fraction of sp³-hybridized carbons (Fsp3) is 0.524. The summed E-state index contributed by atoms with van der Waals surface area (Å²) in [6.07, 6.45) is 0.157. The second-order valence-electron chi connectivity index (χ2n) is 7.52. The molecule has 6 heteroatoms. The van der Waals surface area contributed by atoms with Crippen LogP contribution in [0.2, 0.25) is 0 Å². The summed E-state index contributed by atoms with van der Waals surface area (Å²) < 4.78 is 11.2. The number of aromatic nitrogens is 1. The molecule has 0 radical (unpaired) electrons. The van der Waals surface area contributed by atoms with Gasteiger partial charge in [0.1, 0.15) is 17.7 Å². The van der Waals surface area contributed by atoms with E-state index in [-0.39, 0.29) is 18.5 Å². The zero-order valence-corrected chi connectivity index (χ0v) is 17.1. The number of benzene rings is 1. The monoisotopic (exact) mass is 388 g/mol. The lowest BCUT2D eigenvalue weighted by Gasteiger charge is -2.33. The van der Waals surface area contributed by atoms with Crippen LogP contribution < -0.4 is 0 Å². The Morgan fingerprint density at radius 3 is 3.07 bits per heavy atom. The molecule has 1 aliphatic rings. The molecule has 3 rings (SSSR count). The molecule has 1 aliphatic heterocycles. The van der Waals surface area contributed by atoms with Crippen LogP contribution in [0, 0.1) is 12.8 Å². The van der Waals surface area contributed by atoms with Crippen LogP contribution >= 0.6 is 11.3 Å². The van der Waals surface area contributed by atoms with Crippen LogP contribution in [0.3, 0.4) is 0 Å². The molecule has 0 aliphatic carbocycles. The Kier molecular flexibility index (Phi) is 6.99. The first-order valence-corrected chi connectivity index (χ1v) is 10.4. The highest BCUT2D eigenvalue weighted by molar-refractivity contribution is 7.13. The van der Waals surface area contributed by atoms with Gasteiger partial charge < -0.3 is 9.47 Å². The number of thiazole rings is 1. The summed E-state index contributed by atoms with van der Waals surface area (Å²) >= 11 is 1.56. The van der Waals surface area contributed by atoms with Crippen LogP contribution in [0.15, 0.2) is 29.6 Å². The Morgan fingerprint density at radius 1 is 1.44 bits per heavy atom. The SMILES string of the molecule is Cc1cccc(-c2nc(CC(=O)OCC3CN(CC(C)C)CCO3)cs2)c1. The average molecular weight is 389 g/mol. The minimum Gasteiger partial charge on any atom is -0.463 e. The number of rotatable bonds is 7. The highest BCUT2D eigenvalue weighted by Gasteiger charge is 2.22. The first-order valence-electron chi connectivity index (χ1n) is 9.50. The number of hydrogen-bond acceptors (Lipinski definition) is 6. The Bertz CT molecular complexity index is 759. The molecule has 27 heavy (non-hydrogen) atoms. The van der Waals surface area contributed by atoms with Crippen molar-refractivity contribution >= 4 is 17.3 Å². The molecule has 0 N–H and O–H groups in total. The second kappa shape index (κ2) is 9.44. The number of carbonyl (C=O) groups is 1. The summed E-state index contributed by atoms with van der Waals surface area (Å²) in [5.74, 6) is 0.374. The fourth-order valence-corrected chi connectivity index (χ4v) is 4.06. The van der Waals surface area contributed by atoms with E-state index in [0.29, 0.717) is 19.1 Å². The maximum absolute atomic E-state index is 12.2. The van der Waals surface area contributed by atoms with Crippen LogP contribution in [0.1, 0.15) is 25.1 Å². The number of aryl methyl sites for hydroxylation is 1. The molecule has 146 valence electrons. The number of morpholine rings is 1. The number of esters is 1. The third kappa shape index (κ3) is 6.13. The largest absolute Gasteiger partial charge is 0.463 e. The summed E-state index contributed by atoms with van der Waals surface area (Å²) in [5.41, 5.74) is 3.04. The van der Waals surface area contributed by atoms with Crippen molar-refractivity contribution < 1.29 is 14.3 Å². The van der Waals surface area contributed by atoms with Crippen molar-refractivity contribution in [3.05, 3.63) is 40.9 Å². The highest BCUT2D eigenvalue weighted by Crippen LogP contribution is 2.24. The Labute approximate surface area is 165 Å². The van der Waals surface area contributed by atoms with E-state index in [1.54, 1.807) is 11.3 Å². The quantitative estimate of drug-likeness (QED) is 0.679. The van der Waals surface area contributed by atoms with Crippen LogP contribution in [-0.2, 0) is 20.7 Å². The molecule has 1 unspecified atom stereocenters. The third-order valence-electron chi connectivity index (χ3n) is 4.42. The van der Waals surface area contributed by atoms with Crippen molar-refractivity contribution in [2.75, 3.05) is 32.8 Å². The van der Waals surface area contributed by atoms with E-state index < -0.39 is 0 Å². The lowest BCUT2D eigenvalue weighted by molar-refractivity contribution is -0.149. The molecule has 1 saturated heterocycles. The summed E-state index contributed by atoms with van der Waals surface area (Å²) in [5, 5.41) is 2.86. The van der Waals surface area contributed by atoms with Gasteiger partial charge in [0.2, 0.25) is 0 Å². The number of ether oxygens (including phenoxy) is 2. The van der Waals surface area contributed by atoms with Gasteiger partial charge in [0.15, 0.2) is 0 Å². The molecule has 0 bridgehead atoms. The van der Waals surface area contributed by atoms with Crippen molar-refractivity contribution in [1.29, 1.82) is 0 Å². The van der Waals surface area contributed by atoms with E-state index in [2.05, 4.69) is 42.8 Å². The Balaban J connectivity index is 1.47. The maximum atomic E-state index is 12.2. The van der Waals surface area contributed by atoms with Crippen molar-refractivity contribution in [3.63, 3.8) is 0 Å². The zero-order valence-electron chi connectivity index (χ0n) is 16.3. The van der Waals surface area contributed by atoms with E-state index in [1.165, 1.54) is 5.56 Å². The normalized spacial score (nSPS) is 18.0. The average Bonchev–Trinajstić information content (AvgIpc) is 3.08. The predicted octanol–water partition coefficient (Wildman–Crippen LogP) is 3.56. The van der Waals surface area contributed by atoms with Crippen LogP contribution in [-0.4, -0.2) is 54.8 Å². The molecule has 1 atom stereocenters. The van der Waals surface area contributed by atoms with E-state index in [1.807, 2.05) is 17.5 Å². The van der Waals surface area contributed by atoms with Gasteiger partial charge in [0, 0.05) is 30.6 Å². The lowest BCUT2D eigenvalue weighted by atomic mass is 10.1. The summed E-state index contributed by atoms with van der Waals surface area (Å²) in [6.45, 7) is 10.3. The van der Waals surface area contributed by atoms with Gasteiger partial charge in [-0.05, 0) is 18.9 Å². The summed E-state index contributed by atoms with van der Waals surface area (Å²) in [4.78, 5) is 19.1. The molecule has 1 aromatic carbocycles. The second-order valence-corrected chi connectivity index (χ2v) is 8.38. The maximum Gasteiger partial charge on any atom is 0.311 e. The van der Waals surface area contributed by atoms with Gasteiger partial charge in [-0.1, -0.05) is 37.6 Å². The van der Waals surface area contributed by atoms with E-state index in [0.717, 1.165) is 35.9 Å². The standard InChI is InChI=1S/C21H28N2O3S/c1-15(2)11-23-7-8-25-19(12-23)13-26-20(24)10-18-14-27-21(22-18)17-6-4-5-16(3)9-17/h4-6,9,14-15,19H,7-8,10-13H2,1-3H3. The van der Waals surface area contributed by atoms with Crippen molar-refractivity contribution in [1.82, 2.24) is 9.88 Å². The van der Waals surface area contributed by atoms with E-state index in [4.69, 9.17) is 9.47 Å². The Morgan fingerprint density at radius 2 is 2.30 bits per heavy atom. The molecule has 5 nitrogen and oxygen atoms in total. The first-order chi connectivity index (χ1) is 13.0. The van der Waals surface area contributed by atoms with Gasteiger partial charge in [-0.2, -0.15) is 0 Å². The van der Waals surface area contributed by atoms with Gasteiger partial charge in [0.05, 0.1) is 18.7 Å². The molecular weight excluding hydrogens is 360 g/mol. The molecule has 1 aromatic heterocycles. The highest BCUT2D eigenvalue weighted by atomic mass is 32.1. The number of hydrogen-bond donors (Lipinski definition) is 0. The zero-order chi connectivity index (χ0) is 19.2. The van der Waals surface area contributed by atoms with Crippen LogP contribution in [0.4, 0.5) is 0 Å². The van der Waals surface area contributed by atoms with Crippen molar-refractivity contribution in [3.8, 4) is 10.6 Å². The van der Waals surface area contributed by atoms with Gasteiger partial charge in [0.25, 0.3) is 0 Å². The Hall–Kier alpha value is -1.76. The van der Waals surface area contributed by atoms with Crippen LogP contribution in [0.25, 0.3) is 10.6 Å². The summed E-state index contributed by atoms with van der Waals surface area (Å²) in [6, 6.07) is 8.22. The van der Waals surface area contributed by atoms with Crippen LogP contribution in [0.5, 0.6) is 0 Å². The molecule has 0 saturated carbocycles. The topological polar surface area (TPSA) is 51.7 Å². The van der Waals surface area contributed by atoms with Gasteiger partial charge in [-0.3, -0.25) is 9.69 Å². The van der Waals surface area contributed by atoms with E-state index in [9.17, 15) is 4.79 Å².